The van der Waals surface area contributed by atoms with E-state index in [1.165, 1.54) is 10.9 Å². The molecule has 0 fully saturated rings. The molecule has 0 bridgehead atoms. The Hall–Kier alpha value is -2.37. The van der Waals surface area contributed by atoms with Gasteiger partial charge in [-0.2, -0.15) is 23.4 Å². The minimum Gasteiger partial charge on any atom is -0.364 e. The fourth-order valence-corrected chi connectivity index (χ4v) is 2.73. The van der Waals surface area contributed by atoms with Crippen LogP contribution in [0.4, 0.5) is 18.9 Å². The largest absolute Gasteiger partial charge is 0.434 e. The van der Waals surface area contributed by atoms with Crippen LogP contribution < -0.4 is 11.1 Å². The lowest BCUT2D eigenvalue weighted by molar-refractivity contribution is -0.144. The van der Waals surface area contributed by atoms with Crippen LogP contribution >= 0.6 is 15.9 Å². The van der Waals surface area contributed by atoms with Crippen molar-refractivity contribution in [1.82, 2.24) is 19.6 Å². The van der Waals surface area contributed by atoms with Crippen LogP contribution in [0.2, 0.25) is 0 Å². The molecule has 0 unspecified atom stereocenters. The van der Waals surface area contributed by atoms with E-state index < -0.39 is 33.9 Å². The van der Waals surface area contributed by atoms with Crippen LogP contribution in [0.5, 0.6) is 0 Å². The Kier molecular flexibility index (Phi) is 4.69. The fourth-order valence-electron chi connectivity index (χ4n) is 1.99. The second-order valence-corrected chi connectivity index (χ2v) is 5.49. The SMILES string of the molecule is CCn1cc(NC(=O)c2nn(C)c(C(F)(F)F)c2Br)c(C(N)=O)n1. The number of nitrogens with two attached hydrogens (primary N) is 1. The molecular formula is C12H12BrF3N6O2. The number of rotatable bonds is 4. The van der Waals surface area contributed by atoms with Gasteiger partial charge in [0.2, 0.25) is 0 Å². The number of carbonyl (C=O) groups is 2. The van der Waals surface area contributed by atoms with Crippen molar-refractivity contribution in [3.8, 4) is 0 Å². The van der Waals surface area contributed by atoms with Crippen molar-refractivity contribution in [3.63, 3.8) is 0 Å². The lowest BCUT2D eigenvalue weighted by atomic mass is 10.3. The van der Waals surface area contributed by atoms with Crippen LogP contribution in [0.1, 0.15) is 33.6 Å². The average Bonchev–Trinajstić information content (AvgIpc) is 2.99. The summed E-state index contributed by atoms with van der Waals surface area (Å²) in [6, 6.07) is 0. The van der Waals surface area contributed by atoms with E-state index in [0.717, 1.165) is 7.05 Å². The van der Waals surface area contributed by atoms with E-state index in [0.29, 0.717) is 11.2 Å². The number of amides is 2. The Labute approximate surface area is 141 Å². The van der Waals surface area contributed by atoms with Gasteiger partial charge in [-0.25, -0.2) is 0 Å². The first-order chi connectivity index (χ1) is 11.1. The molecule has 0 saturated heterocycles. The Morgan fingerprint density at radius 2 is 1.96 bits per heavy atom. The molecular weight excluding hydrogens is 397 g/mol. The molecule has 3 N–H and O–H groups in total. The molecule has 0 aliphatic heterocycles. The van der Waals surface area contributed by atoms with E-state index in [1.54, 1.807) is 6.92 Å². The van der Waals surface area contributed by atoms with Crippen LogP contribution in [0.3, 0.4) is 0 Å². The van der Waals surface area contributed by atoms with Gasteiger partial charge in [-0.15, -0.1) is 0 Å². The lowest BCUT2D eigenvalue weighted by Crippen LogP contribution is -2.18. The van der Waals surface area contributed by atoms with Crippen LogP contribution in [0.25, 0.3) is 0 Å². The van der Waals surface area contributed by atoms with Crippen LogP contribution in [-0.2, 0) is 19.8 Å². The minimum absolute atomic E-state index is 0.0135. The third-order valence-corrected chi connectivity index (χ3v) is 3.79. The summed E-state index contributed by atoms with van der Waals surface area (Å²) >= 11 is 2.74. The number of aryl methyl sites for hydroxylation is 2. The van der Waals surface area contributed by atoms with E-state index in [2.05, 4.69) is 31.4 Å². The fraction of sp³-hybridized carbons (Fsp3) is 0.333. The number of hydrogen-bond donors (Lipinski definition) is 2. The maximum atomic E-state index is 12.9. The van der Waals surface area contributed by atoms with Gasteiger partial charge in [-0.1, -0.05) is 0 Å². The second kappa shape index (κ2) is 6.26. The van der Waals surface area contributed by atoms with Crippen molar-refractivity contribution < 1.29 is 22.8 Å². The summed E-state index contributed by atoms with van der Waals surface area (Å²) in [5, 5.41) is 9.74. The van der Waals surface area contributed by atoms with Gasteiger partial charge in [0.1, 0.15) is 0 Å². The molecule has 2 heterocycles. The van der Waals surface area contributed by atoms with Gasteiger partial charge in [-0.3, -0.25) is 19.0 Å². The highest BCUT2D eigenvalue weighted by Crippen LogP contribution is 2.36. The van der Waals surface area contributed by atoms with Gasteiger partial charge in [-0.05, 0) is 22.9 Å². The van der Waals surface area contributed by atoms with Crippen molar-refractivity contribution in [2.75, 3.05) is 5.32 Å². The number of carbonyl (C=O) groups excluding carboxylic acids is 2. The highest BCUT2D eigenvalue weighted by molar-refractivity contribution is 9.10. The van der Waals surface area contributed by atoms with Crippen molar-refractivity contribution in [1.29, 1.82) is 0 Å². The Morgan fingerprint density at radius 1 is 1.33 bits per heavy atom. The molecule has 130 valence electrons. The van der Waals surface area contributed by atoms with E-state index in [-0.39, 0.29) is 11.4 Å². The molecule has 0 spiro atoms. The first-order valence-corrected chi connectivity index (χ1v) is 7.33. The van der Waals surface area contributed by atoms with E-state index in [4.69, 9.17) is 5.73 Å². The third kappa shape index (κ3) is 3.27. The standard InChI is InChI=1S/C12H12BrF3N6O2/c1-3-22-4-5(7(20-22)10(17)23)18-11(24)8-6(13)9(12(14,15)16)21(2)19-8/h4H,3H2,1-2H3,(H2,17,23)(H,18,24). The minimum atomic E-state index is -4.69. The number of anilines is 1. The molecule has 8 nitrogen and oxygen atoms in total. The quantitative estimate of drug-likeness (QED) is 0.803. The Morgan fingerprint density at radius 3 is 2.42 bits per heavy atom. The van der Waals surface area contributed by atoms with Gasteiger partial charge in [0.15, 0.2) is 17.1 Å². The number of primary amides is 1. The van der Waals surface area contributed by atoms with Crippen molar-refractivity contribution in [3.05, 3.63) is 27.8 Å². The number of alkyl halides is 3. The number of hydrogen-bond acceptors (Lipinski definition) is 4. The summed E-state index contributed by atoms with van der Waals surface area (Å²) in [6.45, 7) is 2.15. The smallest absolute Gasteiger partial charge is 0.364 e. The van der Waals surface area contributed by atoms with Gasteiger partial charge < -0.3 is 11.1 Å². The summed E-state index contributed by atoms with van der Waals surface area (Å²) in [5.74, 6) is -1.82. The summed E-state index contributed by atoms with van der Waals surface area (Å²) in [6.07, 6.45) is -3.34. The molecule has 0 saturated carbocycles. The highest BCUT2D eigenvalue weighted by atomic mass is 79.9. The van der Waals surface area contributed by atoms with Crippen molar-refractivity contribution in [2.24, 2.45) is 12.8 Å². The summed E-state index contributed by atoms with van der Waals surface area (Å²) in [7, 11) is 1.06. The van der Waals surface area contributed by atoms with E-state index >= 15 is 0 Å². The molecule has 2 aromatic heterocycles. The zero-order chi connectivity index (χ0) is 18.2. The van der Waals surface area contributed by atoms with Gasteiger partial charge in [0.25, 0.3) is 11.8 Å². The molecule has 0 radical (unpaired) electrons. The first-order valence-electron chi connectivity index (χ1n) is 6.54. The molecule has 2 rings (SSSR count). The number of nitrogens with zero attached hydrogens (tertiary/aromatic N) is 4. The van der Waals surface area contributed by atoms with Crippen molar-refractivity contribution in [2.45, 2.75) is 19.6 Å². The van der Waals surface area contributed by atoms with Crippen LogP contribution in [0.15, 0.2) is 10.7 Å². The van der Waals surface area contributed by atoms with E-state index in [9.17, 15) is 22.8 Å². The monoisotopic (exact) mass is 408 g/mol. The van der Waals surface area contributed by atoms with Gasteiger partial charge in [0.05, 0.1) is 10.2 Å². The topological polar surface area (TPSA) is 108 Å². The Bertz CT molecular complexity index is 811. The van der Waals surface area contributed by atoms with Crippen LogP contribution in [-0.4, -0.2) is 31.4 Å². The molecule has 12 heteroatoms. The number of halogens is 4. The average molecular weight is 409 g/mol. The lowest BCUT2D eigenvalue weighted by Gasteiger charge is -2.06. The zero-order valence-electron chi connectivity index (χ0n) is 12.5. The van der Waals surface area contributed by atoms with Crippen molar-refractivity contribution >= 4 is 33.4 Å². The molecule has 2 amide bonds. The number of nitrogens with one attached hydrogen (secondary N) is 1. The molecule has 0 aromatic carbocycles. The predicted molar refractivity (Wildman–Crippen MR) is 80.3 cm³/mol. The second-order valence-electron chi connectivity index (χ2n) is 4.70. The van der Waals surface area contributed by atoms with Crippen LogP contribution in [0, 0.1) is 0 Å². The third-order valence-electron chi connectivity index (χ3n) is 3.04. The molecule has 0 aliphatic carbocycles. The maximum absolute atomic E-state index is 12.9. The molecule has 24 heavy (non-hydrogen) atoms. The highest BCUT2D eigenvalue weighted by Gasteiger charge is 2.39. The first kappa shape index (κ1) is 18.0. The molecule has 0 atom stereocenters. The summed E-state index contributed by atoms with van der Waals surface area (Å²) in [5.41, 5.74) is 3.37. The molecule has 2 aromatic rings. The molecule has 0 aliphatic rings. The predicted octanol–water partition coefficient (Wildman–Crippen LogP) is 1.77. The van der Waals surface area contributed by atoms with E-state index in [1.807, 2.05) is 0 Å². The number of aromatic nitrogens is 4. The summed E-state index contributed by atoms with van der Waals surface area (Å²) < 4.78 is 40.2. The zero-order valence-corrected chi connectivity index (χ0v) is 14.1. The normalized spacial score (nSPS) is 11.6. The Balaban J connectivity index is 2.38. The maximum Gasteiger partial charge on any atom is 0.434 e. The summed E-state index contributed by atoms with van der Waals surface area (Å²) in [4.78, 5) is 23.6. The van der Waals surface area contributed by atoms with Gasteiger partial charge >= 0.3 is 6.18 Å². The van der Waals surface area contributed by atoms with Gasteiger partial charge in [0, 0.05) is 19.8 Å².